The molecule has 0 aliphatic heterocycles. The number of carbonyl (C=O) groups excluding carboxylic acids is 2. The average molecular weight is 311 g/mol. The predicted octanol–water partition coefficient (Wildman–Crippen LogP) is 3.08. The highest BCUT2D eigenvalue weighted by molar-refractivity contribution is 6.10. The molecule has 2 rings (SSSR count). The van der Waals surface area contributed by atoms with E-state index in [1.54, 1.807) is 30.3 Å². The van der Waals surface area contributed by atoms with E-state index in [0.717, 1.165) is 0 Å². The van der Waals surface area contributed by atoms with Crippen LogP contribution in [0.5, 0.6) is 11.5 Å². The molecule has 23 heavy (non-hydrogen) atoms. The summed E-state index contributed by atoms with van der Waals surface area (Å²) < 4.78 is 10.3. The van der Waals surface area contributed by atoms with E-state index < -0.39 is 0 Å². The van der Waals surface area contributed by atoms with Crippen LogP contribution in [0.1, 0.15) is 10.4 Å². The number of para-hydroxylation sites is 1. The fourth-order valence-electron chi connectivity index (χ4n) is 1.94. The SMILES string of the molecule is COc1ccc(C(=O)C=CC(=O)Nc2ccccc2)cc1OC. The maximum Gasteiger partial charge on any atom is 0.248 e. The van der Waals surface area contributed by atoms with Crippen LogP contribution in [-0.2, 0) is 4.79 Å². The number of hydrogen-bond donors (Lipinski definition) is 1. The molecule has 1 N–H and O–H groups in total. The molecule has 1 amide bonds. The number of rotatable bonds is 6. The lowest BCUT2D eigenvalue weighted by atomic mass is 10.1. The van der Waals surface area contributed by atoms with Gasteiger partial charge in [-0.15, -0.1) is 0 Å². The Bertz CT molecular complexity index is 723. The van der Waals surface area contributed by atoms with E-state index in [0.29, 0.717) is 22.7 Å². The topological polar surface area (TPSA) is 64.6 Å². The van der Waals surface area contributed by atoms with Crippen molar-refractivity contribution in [2.45, 2.75) is 0 Å². The number of allylic oxidation sites excluding steroid dienone is 1. The molecule has 0 unspecified atom stereocenters. The molecule has 0 saturated carbocycles. The van der Waals surface area contributed by atoms with Gasteiger partial charge >= 0.3 is 0 Å². The maximum absolute atomic E-state index is 12.1. The Hall–Kier alpha value is -3.08. The van der Waals surface area contributed by atoms with Gasteiger partial charge in [-0.2, -0.15) is 0 Å². The molecule has 0 aliphatic carbocycles. The molecule has 0 aromatic heterocycles. The van der Waals surface area contributed by atoms with Crippen molar-refractivity contribution >= 4 is 17.4 Å². The summed E-state index contributed by atoms with van der Waals surface area (Å²) in [6.45, 7) is 0. The van der Waals surface area contributed by atoms with Crippen LogP contribution in [0.15, 0.2) is 60.7 Å². The smallest absolute Gasteiger partial charge is 0.248 e. The summed E-state index contributed by atoms with van der Waals surface area (Å²) in [4.78, 5) is 23.9. The molecule has 0 heterocycles. The van der Waals surface area contributed by atoms with E-state index in [2.05, 4.69) is 5.32 Å². The van der Waals surface area contributed by atoms with Crippen molar-refractivity contribution in [1.29, 1.82) is 0 Å². The Kier molecular flexibility index (Phi) is 5.52. The highest BCUT2D eigenvalue weighted by Gasteiger charge is 2.09. The second kappa shape index (κ2) is 7.79. The number of methoxy groups -OCH3 is 2. The summed E-state index contributed by atoms with van der Waals surface area (Å²) in [5.41, 5.74) is 1.08. The van der Waals surface area contributed by atoms with Crippen LogP contribution in [0.3, 0.4) is 0 Å². The Morgan fingerprint density at radius 2 is 1.61 bits per heavy atom. The largest absolute Gasteiger partial charge is 0.493 e. The Morgan fingerprint density at radius 1 is 0.913 bits per heavy atom. The summed E-state index contributed by atoms with van der Waals surface area (Å²) in [5, 5.41) is 2.67. The first-order valence-electron chi connectivity index (χ1n) is 6.94. The molecule has 0 aliphatic rings. The highest BCUT2D eigenvalue weighted by atomic mass is 16.5. The summed E-state index contributed by atoms with van der Waals surface area (Å²) >= 11 is 0. The van der Waals surface area contributed by atoms with Gasteiger partial charge in [0.2, 0.25) is 5.91 Å². The van der Waals surface area contributed by atoms with Crippen molar-refractivity contribution in [1.82, 2.24) is 0 Å². The lowest BCUT2D eigenvalue weighted by Gasteiger charge is -2.08. The first kappa shape index (κ1) is 16.3. The molecule has 2 aromatic carbocycles. The summed E-state index contributed by atoms with van der Waals surface area (Å²) in [6, 6.07) is 13.8. The van der Waals surface area contributed by atoms with Crippen molar-refractivity contribution in [3.63, 3.8) is 0 Å². The zero-order valence-corrected chi connectivity index (χ0v) is 12.9. The van der Waals surface area contributed by atoms with Crippen LogP contribution in [0, 0.1) is 0 Å². The van der Waals surface area contributed by atoms with Crippen molar-refractivity contribution < 1.29 is 19.1 Å². The van der Waals surface area contributed by atoms with E-state index in [1.807, 2.05) is 18.2 Å². The molecule has 0 fully saturated rings. The lowest BCUT2D eigenvalue weighted by molar-refractivity contribution is -0.111. The van der Waals surface area contributed by atoms with E-state index in [9.17, 15) is 9.59 Å². The number of ketones is 1. The minimum absolute atomic E-state index is 0.297. The van der Waals surface area contributed by atoms with Gasteiger partial charge < -0.3 is 14.8 Å². The Morgan fingerprint density at radius 3 is 2.26 bits per heavy atom. The standard InChI is InChI=1S/C18H17NO4/c1-22-16-10-8-13(12-17(16)23-2)15(20)9-11-18(21)19-14-6-4-3-5-7-14/h3-12H,1-2H3,(H,19,21). The number of carbonyl (C=O) groups is 2. The van der Waals surface area contributed by atoms with Gasteiger partial charge in [0.1, 0.15) is 0 Å². The van der Waals surface area contributed by atoms with Gasteiger partial charge in [-0.05, 0) is 36.4 Å². The fourth-order valence-corrected chi connectivity index (χ4v) is 1.94. The second-order valence-electron chi connectivity index (χ2n) is 4.62. The number of anilines is 1. The van der Waals surface area contributed by atoms with Crippen LogP contribution in [0.25, 0.3) is 0 Å². The molecule has 0 atom stereocenters. The van der Waals surface area contributed by atoms with Gasteiger partial charge in [-0.1, -0.05) is 18.2 Å². The van der Waals surface area contributed by atoms with Gasteiger partial charge in [-0.25, -0.2) is 0 Å². The van der Waals surface area contributed by atoms with Crippen LogP contribution in [0.2, 0.25) is 0 Å². The van der Waals surface area contributed by atoms with Gasteiger partial charge in [0.15, 0.2) is 17.3 Å². The minimum atomic E-state index is -0.370. The van der Waals surface area contributed by atoms with Crippen molar-refractivity contribution in [3.8, 4) is 11.5 Å². The Labute approximate surface area is 134 Å². The molecular weight excluding hydrogens is 294 g/mol. The minimum Gasteiger partial charge on any atom is -0.493 e. The third-order valence-electron chi connectivity index (χ3n) is 3.10. The third-order valence-corrected chi connectivity index (χ3v) is 3.10. The molecule has 5 nitrogen and oxygen atoms in total. The third kappa shape index (κ3) is 4.44. The molecule has 2 aromatic rings. The number of nitrogens with one attached hydrogen (secondary N) is 1. The number of benzene rings is 2. The van der Waals surface area contributed by atoms with Crippen LogP contribution in [0.4, 0.5) is 5.69 Å². The van der Waals surface area contributed by atoms with E-state index in [4.69, 9.17) is 9.47 Å². The first-order chi connectivity index (χ1) is 11.1. The van der Waals surface area contributed by atoms with Gasteiger partial charge in [-0.3, -0.25) is 9.59 Å². The molecule has 0 radical (unpaired) electrons. The van der Waals surface area contributed by atoms with Crippen molar-refractivity contribution in [2.24, 2.45) is 0 Å². The normalized spacial score (nSPS) is 10.3. The monoisotopic (exact) mass is 311 g/mol. The van der Waals surface area contributed by atoms with E-state index in [-0.39, 0.29) is 11.7 Å². The molecular formula is C18H17NO4. The first-order valence-corrected chi connectivity index (χ1v) is 6.94. The summed E-state index contributed by atoms with van der Waals surface area (Å²) in [6.07, 6.45) is 2.42. The quantitative estimate of drug-likeness (QED) is 0.658. The highest BCUT2D eigenvalue weighted by Crippen LogP contribution is 2.27. The number of hydrogen-bond acceptors (Lipinski definition) is 4. The fraction of sp³-hybridized carbons (Fsp3) is 0.111. The lowest BCUT2D eigenvalue weighted by Crippen LogP contribution is -2.08. The molecule has 0 bridgehead atoms. The van der Waals surface area contributed by atoms with Crippen LogP contribution < -0.4 is 14.8 Å². The predicted molar refractivity (Wildman–Crippen MR) is 88.1 cm³/mol. The average Bonchev–Trinajstić information content (AvgIpc) is 2.59. The van der Waals surface area contributed by atoms with Gasteiger partial charge in [0.05, 0.1) is 14.2 Å². The van der Waals surface area contributed by atoms with E-state index in [1.165, 1.54) is 26.4 Å². The van der Waals surface area contributed by atoms with Crippen LogP contribution in [-0.4, -0.2) is 25.9 Å². The van der Waals surface area contributed by atoms with Crippen LogP contribution >= 0.6 is 0 Å². The van der Waals surface area contributed by atoms with E-state index >= 15 is 0 Å². The number of amides is 1. The zero-order chi connectivity index (χ0) is 16.7. The molecule has 0 spiro atoms. The second-order valence-corrected chi connectivity index (χ2v) is 4.62. The van der Waals surface area contributed by atoms with Gasteiger partial charge in [0.25, 0.3) is 0 Å². The van der Waals surface area contributed by atoms with Gasteiger partial charge in [0, 0.05) is 17.3 Å². The molecule has 118 valence electrons. The van der Waals surface area contributed by atoms with Crippen molar-refractivity contribution in [2.75, 3.05) is 19.5 Å². The maximum atomic E-state index is 12.1. The Balaban J connectivity index is 2.05. The summed E-state index contributed by atoms with van der Waals surface area (Å²) in [5.74, 6) is 0.328. The van der Waals surface area contributed by atoms with Crippen molar-refractivity contribution in [3.05, 3.63) is 66.2 Å². The summed E-state index contributed by atoms with van der Waals surface area (Å²) in [7, 11) is 3.02. The molecule has 5 heteroatoms. The molecule has 0 saturated heterocycles. The number of ether oxygens (including phenoxy) is 2. The zero-order valence-electron chi connectivity index (χ0n) is 12.9.